The smallest absolute Gasteiger partial charge is 0.307 e. The zero-order valence-electron chi connectivity index (χ0n) is 14.8. The Hall–Kier alpha value is -1.85. The number of aryl methyl sites for hydroxylation is 1. The summed E-state index contributed by atoms with van der Waals surface area (Å²) >= 11 is 0. The average Bonchev–Trinajstić information content (AvgIpc) is 2.91. The van der Waals surface area contributed by atoms with Crippen LogP contribution in [0.15, 0.2) is 24.0 Å². The molecule has 2 aliphatic heterocycles. The third-order valence-corrected chi connectivity index (χ3v) is 6.83. The van der Waals surface area contributed by atoms with Crippen molar-refractivity contribution >= 4 is 5.97 Å². The van der Waals surface area contributed by atoms with Gasteiger partial charge in [0, 0.05) is 24.9 Å². The number of carbonyl (C=O) groups excluding carboxylic acids is 1. The van der Waals surface area contributed by atoms with Gasteiger partial charge >= 0.3 is 5.97 Å². The van der Waals surface area contributed by atoms with Crippen molar-refractivity contribution < 1.29 is 19.4 Å². The monoisotopic (exact) mass is 341 g/mol. The molecular formula is C20H23NO4. The highest BCUT2D eigenvalue weighted by atomic mass is 16.6. The Balaban J connectivity index is 1.80. The fraction of sp³-hybridized carbons (Fsp3) is 0.550. The van der Waals surface area contributed by atoms with E-state index in [2.05, 4.69) is 24.1 Å². The summed E-state index contributed by atoms with van der Waals surface area (Å²) in [6.07, 6.45) is 3.54. The molecule has 2 heterocycles. The van der Waals surface area contributed by atoms with Crippen molar-refractivity contribution in [2.45, 2.75) is 56.3 Å². The number of likely N-dealkylation sites (tertiary alicyclic amines) is 1. The van der Waals surface area contributed by atoms with E-state index in [9.17, 15) is 9.90 Å². The number of hydrogen-bond acceptors (Lipinski definition) is 5. The van der Waals surface area contributed by atoms with Gasteiger partial charge in [0.1, 0.15) is 11.5 Å². The molecule has 5 nitrogen and oxygen atoms in total. The molecule has 1 spiro atoms. The molecule has 2 aliphatic carbocycles. The van der Waals surface area contributed by atoms with Gasteiger partial charge in [-0.3, -0.25) is 4.79 Å². The lowest BCUT2D eigenvalue weighted by molar-refractivity contribution is -0.168. The predicted octanol–water partition coefficient (Wildman–Crippen LogP) is 1.84. The molecule has 25 heavy (non-hydrogen) atoms. The van der Waals surface area contributed by atoms with Gasteiger partial charge in [-0.2, -0.15) is 0 Å². The van der Waals surface area contributed by atoms with Gasteiger partial charge in [0.05, 0.1) is 11.0 Å². The van der Waals surface area contributed by atoms with Crippen molar-refractivity contribution in [3.63, 3.8) is 0 Å². The largest absolute Gasteiger partial charge is 0.481 e. The first kappa shape index (κ1) is 15.4. The maximum absolute atomic E-state index is 11.9. The lowest BCUT2D eigenvalue weighted by Gasteiger charge is -2.61. The summed E-state index contributed by atoms with van der Waals surface area (Å²) in [5.41, 5.74) is 2.05. The third-order valence-electron chi connectivity index (χ3n) is 6.83. The Bertz CT molecular complexity index is 831. The van der Waals surface area contributed by atoms with Gasteiger partial charge in [-0.25, -0.2) is 0 Å². The molecule has 132 valence electrons. The number of benzene rings is 1. The van der Waals surface area contributed by atoms with Crippen LogP contribution in [0.25, 0.3) is 0 Å². The zero-order chi connectivity index (χ0) is 17.6. The average molecular weight is 341 g/mol. The number of piperidine rings is 1. The molecule has 1 saturated heterocycles. The summed E-state index contributed by atoms with van der Waals surface area (Å²) in [7, 11) is 2.09. The minimum Gasteiger partial charge on any atom is -0.481 e. The van der Waals surface area contributed by atoms with Crippen LogP contribution in [0.2, 0.25) is 0 Å². The molecule has 0 radical (unpaired) electrons. The molecule has 4 aliphatic rings. The maximum Gasteiger partial charge on any atom is 0.307 e. The van der Waals surface area contributed by atoms with Crippen molar-refractivity contribution in [1.82, 2.24) is 4.90 Å². The van der Waals surface area contributed by atoms with Crippen molar-refractivity contribution in [2.75, 3.05) is 13.6 Å². The molecule has 1 aromatic rings. The Morgan fingerprint density at radius 3 is 3.00 bits per heavy atom. The molecule has 0 amide bonds. The van der Waals surface area contributed by atoms with Gasteiger partial charge in [-0.15, -0.1) is 0 Å². The van der Waals surface area contributed by atoms with Gasteiger partial charge in [0.2, 0.25) is 0 Å². The summed E-state index contributed by atoms with van der Waals surface area (Å²) in [6, 6.07) is 4.32. The topological polar surface area (TPSA) is 59.0 Å². The molecule has 5 heteroatoms. The molecule has 0 aromatic heterocycles. The lowest BCUT2D eigenvalue weighted by Crippen LogP contribution is -2.74. The van der Waals surface area contributed by atoms with E-state index in [-0.39, 0.29) is 12.0 Å². The van der Waals surface area contributed by atoms with E-state index in [0.29, 0.717) is 12.2 Å². The first-order valence-electron chi connectivity index (χ1n) is 8.99. The molecule has 1 N–H and O–H groups in total. The molecule has 0 saturated carbocycles. The summed E-state index contributed by atoms with van der Waals surface area (Å²) in [5, 5.41) is 11.9. The summed E-state index contributed by atoms with van der Waals surface area (Å²) < 4.78 is 11.9. The van der Waals surface area contributed by atoms with Gasteiger partial charge in [-0.1, -0.05) is 12.1 Å². The quantitative estimate of drug-likeness (QED) is 0.790. The molecule has 1 unspecified atom stereocenters. The number of carbonyl (C=O) groups is 1. The minimum atomic E-state index is -0.902. The Morgan fingerprint density at radius 1 is 1.44 bits per heavy atom. The Kier molecular flexibility index (Phi) is 2.87. The Morgan fingerprint density at radius 2 is 2.24 bits per heavy atom. The highest BCUT2D eigenvalue weighted by molar-refractivity contribution is 5.69. The maximum atomic E-state index is 11.9. The van der Waals surface area contributed by atoms with Crippen LogP contribution in [0.1, 0.15) is 36.5 Å². The SMILES string of the molecule is CC(=O)OC1=CC[C@@]2(O)[C@H]3Cc4ccc(C)c5c4[C@@]2(CCN3C)C1O5. The molecule has 5 rings (SSSR count). The summed E-state index contributed by atoms with van der Waals surface area (Å²) in [4.78, 5) is 13.9. The van der Waals surface area contributed by atoms with Crippen LogP contribution in [0, 0.1) is 6.92 Å². The first-order chi connectivity index (χ1) is 11.9. The van der Waals surface area contributed by atoms with Gasteiger partial charge in [-0.05, 0) is 50.6 Å². The predicted molar refractivity (Wildman–Crippen MR) is 91.4 cm³/mol. The van der Waals surface area contributed by atoms with E-state index in [1.807, 2.05) is 13.0 Å². The van der Waals surface area contributed by atoms with E-state index >= 15 is 0 Å². The highest BCUT2D eigenvalue weighted by Gasteiger charge is 2.71. The normalized spacial score (nSPS) is 37.8. The number of aliphatic hydroxyl groups is 1. The second kappa shape index (κ2) is 4.65. The van der Waals surface area contributed by atoms with Crippen LogP contribution in [0.3, 0.4) is 0 Å². The molecule has 1 aromatic carbocycles. The van der Waals surface area contributed by atoms with Gasteiger partial charge < -0.3 is 19.5 Å². The molecule has 4 atom stereocenters. The van der Waals surface area contributed by atoms with Crippen LogP contribution >= 0.6 is 0 Å². The van der Waals surface area contributed by atoms with Gasteiger partial charge in [0.15, 0.2) is 6.10 Å². The number of rotatable bonds is 1. The second-order valence-corrected chi connectivity index (χ2v) is 7.99. The fourth-order valence-electron chi connectivity index (χ4n) is 5.75. The van der Waals surface area contributed by atoms with Crippen molar-refractivity contribution in [3.8, 4) is 5.75 Å². The Labute approximate surface area is 147 Å². The van der Waals surface area contributed by atoms with E-state index in [1.165, 1.54) is 12.5 Å². The van der Waals surface area contributed by atoms with E-state index in [0.717, 1.165) is 36.3 Å². The van der Waals surface area contributed by atoms with Crippen LogP contribution in [0.4, 0.5) is 0 Å². The van der Waals surface area contributed by atoms with Crippen LogP contribution < -0.4 is 4.74 Å². The minimum absolute atomic E-state index is 0.0450. The standard InChI is InChI=1S/C20H23NO4/c1-11-4-5-13-10-15-20(23)7-6-14(24-12(2)22)18-19(20,8-9-21(15)3)16(13)17(11)25-18/h4-6,15,18,23H,7-10H2,1-3H3/t15-,18?,19+,20-/m1/s1. The third kappa shape index (κ3) is 1.64. The zero-order valence-corrected chi connectivity index (χ0v) is 14.8. The second-order valence-electron chi connectivity index (χ2n) is 7.99. The lowest BCUT2D eigenvalue weighted by atomic mass is 9.50. The van der Waals surface area contributed by atoms with Gasteiger partial charge in [0.25, 0.3) is 0 Å². The highest BCUT2D eigenvalue weighted by Crippen LogP contribution is 2.64. The van der Waals surface area contributed by atoms with E-state index < -0.39 is 17.1 Å². The molecular weight excluding hydrogens is 318 g/mol. The summed E-state index contributed by atoms with van der Waals surface area (Å²) in [6.45, 7) is 4.35. The number of ether oxygens (including phenoxy) is 2. The van der Waals surface area contributed by atoms with Crippen molar-refractivity contribution in [3.05, 3.63) is 40.7 Å². The van der Waals surface area contributed by atoms with Crippen molar-refractivity contribution in [2.24, 2.45) is 0 Å². The van der Waals surface area contributed by atoms with E-state index in [1.54, 1.807) is 0 Å². The molecule has 2 bridgehead atoms. The molecule has 1 fully saturated rings. The number of likely N-dealkylation sites (N-methyl/N-ethyl adjacent to an activating group) is 1. The number of hydrogen-bond donors (Lipinski definition) is 1. The summed E-state index contributed by atoms with van der Waals surface area (Å²) in [5.74, 6) is 1.10. The van der Waals surface area contributed by atoms with Crippen molar-refractivity contribution in [1.29, 1.82) is 0 Å². The van der Waals surface area contributed by atoms with E-state index in [4.69, 9.17) is 9.47 Å². The first-order valence-corrected chi connectivity index (χ1v) is 8.99. The number of nitrogens with zero attached hydrogens (tertiary/aromatic N) is 1. The number of esters is 1. The fourth-order valence-corrected chi connectivity index (χ4v) is 5.75. The van der Waals surface area contributed by atoms with Crippen LogP contribution in [-0.2, 0) is 21.4 Å². The van der Waals surface area contributed by atoms with Crippen LogP contribution in [-0.4, -0.2) is 47.3 Å². The van der Waals surface area contributed by atoms with Crippen LogP contribution in [0.5, 0.6) is 5.75 Å².